The van der Waals surface area contributed by atoms with Gasteiger partial charge < -0.3 is 16.1 Å². The van der Waals surface area contributed by atoms with Gasteiger partial charge in [0.05, 0.1) is 0 Å². The van der Waals surface area contributed by atoms with Crippen molar-refractivity contribution in [1.29, 1.82) is 0 Å². The predicted octanol–water partition coefficient (Wildman–Crippen LogP) is 0.444. The van der Waals surface area contributed by atoms with Crippen molar-refractivity contribution in [2.24, 2.45) is 5.73 Å². The van der Waals surface area contributed by atoms with E-state index < -0.39 is 0 Å². The maximum absolute atomic E-state index is 11.5. The second-order valence-corrected chi connectivity index (χ2v) is 3.10. The van der Waals surface area contributed by atoms with E-state index in [0.717, 1.165) is 5.56 Å². The van der Waals surface area contributed by atoms with E-state index in [-0.39, 0.29) is 23.8 Å². The van der Waals surface area contributed by atoms with Gasteiger partial charge in [-0.15, -0.1) is 12.4 Å². The molecule has 0 bridgehead atoms. The molecule has 0 aliphatic carbocycles. The summed E-state index contributed by atoms with van der Waals surface area (Å²) >= 11 is 0. The van der Waals surface area contributed by atoms with Gasteiger partial charge in [-0.3, -0.25) is 4.79 Å². The summed E-state index contributed by atoms with van der Waals surface area (Å²) in [5, 5.41) is 0. The Balaban J connectivity index is 0. The highest BCUT2D eigenvalue weighted by atomic mass is 35.5. The molecule has 4 nitrogen and oxygen atoms in total. The summed E-state index contributed by atoms with van der Waals surface area (Å²) in [5.41, 5.74) is 7.14. The number of hydrogen-bond acceptors (Lipinski definition) is 2. The summed E-state index contributed by atoms with van der Waals surface area (Å²) in [5.74, 6) is 0.00954. The number of carbonyl (C=O) groups excluding carboxylic acids is 1. The minimum Gasteiger partial charge on any atom is -0.412 e. The molecule has 15 heavy (non-hydrogen) atoms. The zero-order chi connectivity index (χ0) is 9.84. The molecule has 1 rings (SSSR count). The van der Waals surface area contributed by atoms with E-state index in [1.54, 1.807) is 25.1 Å². The van der Waals surface area contributed by atoms with Crippen LogP contribution in [0.2, 0.25) is 0 Å². The molecular formula is C10H17ClN2O2. The smallest absolute Gasteiger partial charge is 0.253 e. The molecule has 0 saturated carbocycles. The number of carbonyl (C=O) groups is 1. The summed E-state index contributed by atoms with van der Waals surface area (Å²) in [6, 6.07) is 7.37. The fourth-order valence-corrected chi connectivity index (χ4v) is 1.09. The van der Waals surface area contributed by atoms with Crippen molar-refractivity contribution in [1.82, 2.24) is 4.90 Å². The van der Waals surface area contributed by atoms with Crippen molar-refractivity contribution in [2.45, 2.75) is 6.54 Å². The number of benzene rings is 1. The van der Waals surface area contributed by atoms with Crippen LogP contribution in [-0.4, -0.2) is 30.4 Å². The Hall–Kier alpha value is -1.10. The molecule has 86 valence electrons. The average Bonchev–Trinajstić information content (AvgIpc) is 2.16. The monoisotopic (exact) mass is 232 g/mol. The van der Waals surface area contributed by atoms with Crippen LogP contribution in [0.1, 0.15) is 15.9 Å². The molecule has 5 heteroatoms. The van der Waals surface area contributed by atoms with E-state index in [9.17, 15) is 4.79 Å². The van der Waals surface area contributed by atoms with E-state index in [1.165, 1.54) is 0 Å². The van der Waals surface area contributed by atoms with Crippen LogP contribution in [0.3, 0.4) is 0 Å². The Morgan fingerprint density at radius 2 is 2.00 bits per heavy atom. The van der Waals surface area contributed by atoms with Gasteiger partial charge in [-0.1, -0.05) is 12.1 Å². The molecule has 4 N–H and O–H groups in total. The molecule has 0 unspecified atom stereocenters. The quantitative estimate of drug-likeness (QED) is 0.804. The van der Waals surface area contributed by atoms with Crippen molar-refractivity contribution >= 4 is 18.3 Å². The van der Waals surface area contributed by atoms with Gasteiger partial charge in [0.1, 0.15) is 0 Å². The summed E-state index contributed by atoms with van der Waals surface area (Å²) in [6.07, 6.45) is 0. The summed E-state index contributed by atoms with van der Waals surface area (Å²) in [4.78, 5) is 13.0. The molecule has 0 fully saturated rings. The summed E-state index contributed by atoms with van der Waals surface area (Å²) in [6.45, 7) is 0.467. The average molecular weight is 233 g/mol. The maximum Gasteiger partial charge on any atom is 0.253 e. The van der Waals surface area contributed by atoms with Crippen LogP contribution >= 0.6 is 12.4 Å². The highest BCUT2D eigenvalue weighted by Gasteiger charge is 2.06. The highest BCUT2D eigenvalue weighted by molar-refractivity contribution is 5.94. The van der Waals surface area contributed by atoms with Gasteiger partial charge in [0, 0.05) is 26.2 Å². The molecule has 0 saturated heterocycles. The lowest BCUT2D eigenvalue weighted by Gasteiger charge is -2.10. The van der Waals surface area contributed by atoms with Crippen LogP contribution < -0.4 is 5.73 Å². The SMILES string of the molecule is CN(C)C(=O)c1cccc(CN)c1.Cl.O. The summed E-state index contributed by atoms with van der Waals surface area (Å²) < 4.78 is 0. The minimum absolute atomic E-state index is 0. The Morgan fingerprint density at radius 1 is 1.40 bits per heavy atom. The van der Waals surface area contributed by atoms with E-state index in [4.69, 9.17) is 5.73 Å². The second-order valence-electron chi connectivity index (χ2n) is 3.10. The lowest BCUT2D eigenvalue weighted by Crippen LogP contribution is -2.21. The van der Waals surface area contributed by atoms with Crippen LogP contribution in [-0.2, 0) is 6.54 Å². The molecule has 0 spiro atoms. The van der Waals surface area contributed by atoms with Gasteiger partial charge in [0.2, 0.25) is 0 Å². The van der Waals surface area contributed by atoms with Gasteiger partial charge in [-0.05, 0) is 17.7 Å². The molecule has 1 aromatic rings. The normalized spacial score (nSPS) is 8.47. The lowest BCUT2D eigenvalue weighted by molar-refractivity contribution is 0.0827. The van der Waals surface area contributed by atoms with Crippen LogP contribution in [0.15, 0.2) is 24.3 Å². The van der Waals surface area contributed by atoms with E-state index in [1.807, 2.05) is 18.2 Å². The molecule has 0 aliphatic heterocycles. The number of halogens is 1. The van der Waals surface area contributed by atoms with Gasteiger partial charge in [0.25, 0.3) is 5.91 Å². The number of nitrogens with two attached hydrogens (primary N) is 1. The van der Waals surface area contributed by atoms with Crippen LogP contribution in [0.4, 0.5) is 0 Å². The molecule has 1 aromatic carbocycles. The Kier molecular flexibility index (Phi) is 7.87. The molecule has 1 amide bonds. The third-order valence-electron chi connectivity index (χ3n) is 1.82. The number of amides is 1. The molecule has 0 radical (unpaired) electrons. The zero-order valence-electron chi connectivity index (χ0n) is 8.86. The van der Waals surface area contributed by atoms with Crippen LogP contribution in [0, 0.1) is 0 Å². The van der Waals surface area contributed by atoms with Gasteiger partial charge in [-0.25, -0.2) is 0 Å². The molecular weight excluding hydrogens is 216 g/mol. The minimum atomic E-state index is 0. The Labute approximate surface area is 95.8 Å². The van der Waals surface area contributed by atoms with Crippen molar-refractivity contribution in [3.8, 4) is 0 Å². The first-order chi connectivity index (χ1) is 6.15. The van der Waals surface area contributed by atoms with Crippen molar-refractivity contribution in [3.63, 3.8) is 0 Å². The number of rotatable bonds is 2. The van der Waals surface area contributed by atoms with Gasteiger partial charge >= 0.3 is 0 Å². The standard InChI is InChI=1S/C10H14N2O.ClH.H2O/c1-12(2)10(13)9-5-3-4-8(6-9)7-11;;/h3-6H,7,11H2,1-2H3;1H;1H2. The van der Waals surface area contributed by atoms with Crippen molar-refractivity contribution in [3.05, 3.63) is 35.4 Å². The maximum atomic E-state index is 11.5. The first-order valence-corrected chi connectivity index (χ1v) is 4.16. The highest BCUT2D eigenvalue weighted by Crippen LogP contribution is 2.06. The Bertz CT molecular complexity index is 316. The fourth-order valence-electron chi connectivity index (χ4n) is 1.09. The molecule has 0 aromatic heterocycles. The molecule has 0 heterocycles. The van der Waals surface area contributed by atoms with Gasteiger partial charge in [-0.2, -0.15) is 0 Å². The van der Waals surface area contributed by atoms with E-state index in [0.29, 0.717) is 12.1 Å². The number of nitrogens with zero attached hydrogens (tertiary/aromatic N) is 1. The summed E-state index contributed by atoms with van der Waals surface area (Å²) in [7, 11) is 3.47. The van der Waals surface area contributed by atoms with Crippen LogP contribution in [0.25, 0.3) is 0 Å². The first kappa shape index (κ1) is 16.3. The number of hydrogen-bond donors (Lipinski definition) is 1. The Morgan fingerprint density at radius 3 is 2.47 bits per heavy atom. The second kappa shape index (κ2) is 7.23. The molecule has 0 aliphatic rings. The fraction of sp³-hybridized carbons (Fsp3) is 0.300. The third-order valence-corrected chi connectivity index (χ3v) is 1.82. The zero-order valence-corrected chi connectivity index (χ0v) is 9.67. The van der Waals surface area contributed by atoms with Crippen LogP contribution in [0.5, 0.6) is 0 Å². The van der Waals surface area contributed by atoms with Gasteiger partial charge in [0.15, 0.2) is 0 Å². The van der Waals surface area contributed by atoms with Crippen molar-refractivity contribution < 1.29 is 10.3 Å². The predicted molar refractivity (Wildman–Crippen MR) is 63.2 cm³/mol. The van der Waals surface area contributed by atoms with E-state index in [2.05, 4.69) is 0 Å². The van der Waals surface area contributed by atoms with E-state index >= 15 is 0 Å². The molecule has 0 atom stereocenters. The topological polar surface area (TPSA) is 77.8 Å². The van der Waals surface area contributed by atoms with Crippen molar-refractivity contribution in [2.75, 3.05) is 14.1 Å². The lowest BCUT2D eigenvalue weighted by atomic mass is 10.1. The largest absolute Gasteiger partial charge is 0.412 e. The third kappa shape index (κ3) is 4.29. The first-order valence-electron chi connectivity index (χ1n) is 4.16.